The summed E-state index contributed by atoms with van der Waals surface area (Å²) in [5.41, 5.74) is 0.444. The standard InChI is InChI=1S/C17H16FNO3S/c1-12(23-15-5-3-2-4-6-15)17(21)22-11-16(20)19-14-9-7-13(18)8-10-14/h2-10,12H,11H2,1H3,(H,19,20)/t12-/m0/s1. The normalized spacial score (nSPS) is 11.6. The number of rotatable bonds is 6. The van der Waals surface area contributed by atoms with Crippen LogP contribution in [0.5, 0.6) is 0 Å². The summed E-state index contributed by atoms with van der Waals surface area (Å²) in [6, 6.07) is 14.8. The van der Waals surface area contributed by atoms with Crippen LogP contribution in [0.2, 0.25) is 0 Å². The van der Waals surface area contributed by atoms with E-state index in [0.29, 0.717) is 5.69 Å². The maximum absolute atomic E-state index is 12.8. The molecule has 0 saturated carbocycles. The van der Waals surface area contributed by atoms with E-state index in [1.807, 2.05) is 30.3 Å². The molecule has 0 aliphatic carbocycles. The molecule has 2 rings (SSSR count). The van der Waals surface area contributed by atoms with Gasteiger partial charge in [-0.1, -0.05) is 18.2 Å². The highest BCUT2D eigenvalue weighted by Crippen LogP contribution is 2.23. The Hall–Kier alpha value is -2.34. The number of nitrogens with one attached hydrogen (secondary N) is 1. The van der Waals surface area contributed by atoms with Gasteiger partial charge in [-0.3, -0.25) is 9.59 Å². The highest BCUT2D eigenvalue weighted by atomic mass is 32.2. The molecule has 120 valence electrons. The summed E-state index contributed by atoms with van der Waals surface area (Å²) in [5, 5.41) is 2.10. The zero-order valence-electron chi connectivity index (χ0n) is 12.5. The Balaban J connectivity index is 1.76. The number of carbonyl (C=O) groups excluding carboxylic acids is 2. The van der Waals surface area contributed by atoms with Crippen LogP contribution in [0, 0.1) is 5.82 Å². The molecule has 0 bridgehead atoms. The van der Waals surface area contributed by atoms with Gasteiger partial charge in [0.15, 0.2) is 6.61 Å². The molecule has 0 aliphatic rings. The fraction of sp³-hybridized carbons (Fsp3) is 0.176. The Bertz CT molecular complexity index is 661. The molecule has 1 N–H and O–H groups in total. The van der Waals surface area contributed by atoms with Crippen molar-refractivity contribution in [2.45, 2.75) is 17.1 Å². The molecule has 0 spiro atoms. The fourth-order valence-electron chi connectivity index (χ4n) is 1.74. The fourth-order valence-corrected chi connectivity index (χ4v) is 2.62. The second kappa shape index (κ2) is 8.33. The number of thioether (sulfide) groups is 1. The predicted octanol–water partition coefficient (Wildman–Crippen LogP) is 3.49. The van der Waals surface area contributed by atoms with Crippen molar-refractivity contribution in [2.24, 2.45) is 0 Å². The van der Waals surface area contributed by atoms with Crippen molar-refractivity contribution < 1.29 is 18.7 Å². The molecular weight excluding hydrogens is 317 g/mol. The number of halogens is 1. The molecule has 1 amide bonds. The number of anilines is 1. The molecule has 0 radical (unpaired) electrons. The van der Waals surface area contributed by atoms with E-state index in [2.05, 4.69) is 5.32 Å². The van der Waals surface area contributed by atoms with Gasteiger partial charge in [-0.2, -0.15) is 0 Å². The molecule has 1 atom stereocenters. The van der Waals surface area contributed by atoms with Crippen LogP contribution in [-0.4, -0.2) is 23.7 Å². The highest BCUT2D eigenvalue weighted by molar-refractivity contribution is 8.00. The minimum absolute atomic E-state index is 0.379. The van der Waals surface area contributed by atoms with Gasteiger partial charge in [0, 0.05) is 10.6 Å². The number of benzene rings is 2. The minimum Gasteiger partial charge on any atom is -0.455 e. The van der Waals surface area contributed by atoms with Crippen LogP contribution in [-0.2, 0) is 14.3 Å². The SMILES string of the molecule is C[C@H](Sc1ccccc1)C(=O)OCC(=O)Nc1ccc(F)cc1. The lowest BCUT2D eigenvalue weighted by molar-refractivity contribution is -0.146. The Morgan fingerprint density at radius 1 is 1.13 bits per heavy atom. The number of hydrogen-bond acceptors (Lipinski definition) is 4. The molecule has 2 aromatic rings. The number of carbonyl (C=O) groups is 2. The summed E-state index contributed by atoms with van der Waals surface area (Å²) in [6.45, 7) is 1.34. The summed E-state index contributed by atoms with van der Waals surface area (Å²) < 4.78 is 17.7. The first kappa shape index (κ1) is 17.0. The van der Waals surface area contributed by atoms with Crippen molar-refractivity contribution in [2.75, 3.05) is 11.9 Å². The summed E-state index contributed by atoms with van der Waals surface area (Å²) in [6.07, 6.45) is 0. The topological polar surface area (TPSA) is 55.4 Å². The van der Waals surface area contributed by atoms with Crippen molar-refractivity contribution >= 4 is 29.3 Å². The van der Waals surface area contributed by atoms with E-state index in [9.17, 15) is 14.0 Å². The third kappa shape index (κ3) is 5.75. The molecule has 0 saturated heterocycles. The van der Waals surface area contributed by atoms with Gasteiger partial charge in [0.1, 0.15) is 11.1 Å². The summed E-state index contributed by atoms with van der Waals surface area (Å²) in [5.74, 6) is -1.32. The molecule has 4 nitrogen and oxygen atoms in total. The van der Waals surface area contributed by atoms with Crippen LogP contribution in [0.1, 0.15) is 6.92 Å². The zero-order valence-corrected chi connectivity index (χ0v) is 13.3. The minimum atomic E-state index is -0.470. The van der Waals surface area contributed by atoms with Crippen LogP contribution in [0.4, 0.5) is 10.1 Å². The van der Waals surface area contributed by atoms with Crippen LogP contribution >= 0.6 is 11.8 Å². The maximum Gasteiger partial charge on any atom is 0.319 e. The molecule has 0 unspecified atom stereocenters. The highest BCUT2D eigenvalue weighted by Gasteiger charge is 2.17. The molecule has 0 heterocycles. The van der Waals surface area contributed by atoms with Crippen LogP contribution < -0.4 is 5.32 Å². The van der Waals surface area contributed by atoms with E-state index >= 15 is 0 Å². The first-order valence-corrected chi connectivity index (χ1v) is 7.86. The first-order valence-electron chi connectivity index (χ1n) is 6.98. The summed E-state index contributed by atoms with van der Waals surface area (Å²) in [7, 11) is 0. The lowest BCUT2D eigenvalue weighted by Crippen LogP contribution is -2.24. The molecule has 23 heavy (non-hydrogen) atoms. The number of hydrogen-bond donors (Lipinski definition) is 1. The Kier molecular flexibility index (Phi) is 6.17. The second-order valence-corrected chi connectivity index (χ2v) is 6.15. The maximum atomic E-state index is 12.8. The molecule has 6 heteroatoms. The quantitative estimate of drug-likeness (QED) is 0.649. The van der Waals surface area contributed by atoms with Crippen molar-refractivity contribution in [1.29, 1.82) is 0 Å². The molecular formula is C17H16FNO3S. The number of esters is 1. The molecule has 0 fully saturated rings. The molecule has 2 aromatic carbocycles. The van der Waals surface area contributed by atoms with Crippen LogP contribution in [0.15, 0.2) is 59.5 Å². The third-order valence-corrected chi connectivity index (χ3v) is 3.95. The number of ether oxygens (including phenoxy) is 1. The van der Waals surface area contributed by atoms with Crippen molar-refractivity contribution in [3.8, 4) is 0 Å². The lowest BCUT2D eigenvalue weighted by Gasteiger charge is -2.11. The lowest BCUT2D eigenvalue weighted by atomic mass is 10.3. The van der Waals surface area contributed by atoms with Gasteiger partial charge in [-0.05, 0) is 43.3 Å². The van der Waals surface area contributed by atoms with E-state index in [4.69, 9.17) is 4.74 Å². The average molecular weight is 333 g/mol. The van der Waals surface area contributed by atoms with E-state index in [-0.39, 0.29) is 12.4 Å². The number of amides is 1. The zero-order chi connectivity index (χ0) is 16.7. The van der Waals surface area contributed by atoms with Crippen LogP contribution in [0.25, 0.3) is 0 Å². The average Bonchev–Trinajstić information content (AvgIpc) is 2.55. The first-order chi connectivity index (χ1) is 11.0. The van der Waals surface area contributed by atoms with Gasteiger partial charge < -0.3 is 10.1 Å². The third-order valence-electron chi connectivity index (χ3n) is 2.86. The van der Waals surface area contributed by atoms with E-state index in [1.165, 1.54) is 36.0 Å². The molecule has 0 aromatic heterocycles. The van der Waals surface area contributed by atoms with Crippen LogP contribution in [0.3, 0.4) is 0 Å². The second-order valence-electron chi connectivity index (χ2n) is 4.74. The van der Waals surface area contributed by atoms with E-state index in [0.717, 1.165) is 4.90 Å². The smallest absolute Gasteiger partial charge is 0.319 e. The predicted molar refractivity (Wildman–Crippen MR) is 87.7 cm³/mol. The summed E-state index contributed by atoms with van der Waals surface area (Å²) in [4.78, 5) is 24.5. The van der Waals surface area contributed by atoms with Gasteiger partial charge in [0.05, 0.1) is 0 Å². The van der Waals surface area contributed by atoms with E-state index in [1.54, 1.807) is 6.92 Å². The molecule has 0 aliphatic heterocycles. The van der Waals surface area contributed by atoms with Gasteiger partial charge in [0.25, 0.3) is 5.91 Å². The van der Waals surface area contributed by atoms with Crippen molar-refractivity contribution in [3.05, 3.63) is 60.4 Å². The van der Waals surface area contributed by atoms with Gasteiger partial charge >= 0.3 is 5.97 Å². The Labute approximate surface area is 138 Å². The van der Waals surface area contributed by atoms with Crippen molar-refractivity contribution in [1.82, 2.24) is 0 Å². The van der Waals surface area contributed by atoms with Gasteiger partial charge in [-0.15, -0.1) is 11.8 Å². The monoisotopic (exact) mass is 333 g/mol. The largest absolute Gasteiger partial charge is 0.455 e. The summed E-state index contributed by atoms with van der Waals surface area (Å²) >= 11 is 1.36. The van der Waals surface area contributed by atoms with Gasteiger partial charge in [-0.25, -0.2) is 4.39 Å². The van der Waals surface area contributed by atoms with Gasteiger partial charge in [0.2, 0.25) is 0 Å². The van der Waals surface area contributed by atoms with Crippen molar-refractivity contribution in [3.63, 3.8) is 0 Å². The van der Waals surface area contributed by atoms with E-state index < -0.39 is 17.1 Å². The Morgan fingerprint density at radius 3 is 2.43 bits per heavy atom. The Morgan fingerprint density at radius 2 is 1.78 bits per heavy atom.